The van der Waals surface area contributed by atoms with Crippen LogP contribution in [0.25, 0.3) is 5.82 Å². The standard InChI is InChI=1S/C16H14FN5OS/c17-13-4-2-12(3-5-13)10-20-14(23)11-24-16-15(18-7-8-19-16)22-9-1-6-21-22/h1-9H,10-11H2,(H,20,23). The Morgan fingerprint density at radius 2 is 1.96 bits per heavy atom. The zero-order valence-electron chi connectivity index (χ0n) is 12.6. The lowest BCUT2D eigenvalue weighted by atomic mass is 10.2. The van der Waals surface area contributed by atoms with Crippen LogP contribution in [0.15, 0.2) is 60.1 Å². The number of carbonyl (C=O) groups is 1. The summed E-state index contributed by atoms with van der Waals surface area (Å²) < 4.78 is 14.4. The van der Waals surface area contributed by atoms with Gasteiger partial charge in [0.1, 0.15) is 10.8 Å². The van der Waals surface area contributed by atoms with Crippen LogP contribution in [0.1, 0.15) is 5.56 Å². The van der Waals surface area contributed by atoms with Crippen molar-refractivity contribution in [1.29, 1.82) is 0 Å². The minimum absolute atomic E-state index is 0.138. The van der Waals surface area contributed by atoms with Gasteiger partial charge in [0.25, 0.3) is 0 Å². The van der Waals surface area contributed by atoms with Gasteiger partial charge in [-0.3, -0.25) is 4.79 Å². The maximum absolute atomic E-state index is 12.8. The molecular weight excluding hydrogens is 329 g/mol. The van der Waals surface area contributed by atoms with Crippen LogP contribution in [0.3, 0.4) is 0 Å². The SMILES string of the molecule is O=C(CSc1nccnc1-n1cccn1)NCc1ccc(F)cc1. The normalized spacial score (nSPS) is 10.5. The number of rotatable bonds is 6. The highest BCUT2D eigenvalue weighted by atomic mass is 32.2. The van der Waals surface area contributed by atoms with E-state index in [1.165, 1.54) is 23.9 Å². The first-order chi connectivity index (χ1) is 11.7. The highest BCUT2D eigenvalue weighted by molar-refractivity contribution is 8.00. The molecule has 0 radical (unpaired) electrons. The Hall–Kier alpha value is -2.74. The molecule has 0 spiro atoms. The summed E-state index contributed by atoms with van der Waals surface area (Å²) in [5.74, 6) is 0.350. The third kappa shape index (κ3) is 4.17. The van der Waals surface area contributed by atoms with Crippen LogP contribution in [-0.2, 0) is 11.3 Å². The maximum atomic E-state index is 12.8. The molecule has 122 valence electrons. The summed E-state index contributed by atoms with van der Waals surface area (Å²) in [4.78, 5) is 20.5. The lowest BCUT2D eigenvalue weighted by molar-refractivity contribution is -0.118. The minimum atomic E-state index is -0.297. The third-order valence-electron chi connectivity index (χ3n) is 3.11. The maximum Gasteiger partial charge on any atom is 0.230 e. The predicted octanol–water partition coefficient (Wildman–Crippen LogP) is 2.21. The zero-order chi connectivity index (χ0) is 16.8. The van der Waals surface area contributed by atoms with Crippen LogP contribution >= 0.6 is 11.8 Å². The van der Waals surface area contributed by atoms with Gasteiger partial charge in [0.15, 0.2) is 5.82 Å². The molecule has 0 bridgehead atoms. The van der Waals surface area contributed by atoms with Crippen LogP contribution in [-0.4, -0.2) is 31.4 Å². The number of aromatic nitrogens is 4. The summed E-state index contributed by atoms with van der Waals surface area (Å²) in [6.07, 6.45) is 6.57. The highest BCUT2D eigenvalue weighted by Gasteiger charge is 2.10. The van der Waals surface area contributed by atoms with Crippen LogP contribution in [0.2, 0.25) is 0 Å². The van der Waals surface area contributed by atoms with Crippen molar-refractivity contribution in [2.24, 2.45) is 0 Å². The van der Waals surface area contributed by atoms with E-state index in [1.807, 2.05) is 0 Å². The van der Waals surface area contributed by atoms with E-state index in [-0.39, 0.29) is 17.5 Å². The molecule has 1 aromatic carbocycles. The fraction of sp³-hybridized carbons (Fsp3) is 0.125. The van der Waals surface area contributed by atoms with Crippen molar-refractivity contribution in [2.45, 2.75) is 11.6 Å². The molecule has 3 rings (SSSR count). The molecule has 0 aliphatic carbocycles. The van der Waals surface area contributed by atoms with E-state index >= 15 is 0 Å². The van der Waals surface area contributed by atoms with Crippen LogP contribution < -0.4 is 5.32 Å². The molecule has 0 saturated carbocycles. The van der Waals surface area contributed by atoms with Gasteiger partial charge in [0.05, 0.1) is 5.75 Å². The zero-order valence-corrected chi connectivity index (χ0v) is 13.4. The number of benzene rings is 1. The smallest absolute Gasteiger partial charge is 0.230 e. The summed E-state index contributed by atoms with van der Waals surface area (Å²) in [5.41, 5.74) is 0.839. The average Bonchev–Trinajstić information content (AvgIpc) is 3.14. The molecule has 0 unspecified atom stereocenters. The first-order valence-corrected chi connectivity index (χ1v) is 8.16. The Kier molecular flexibility index (Phi) is 5.17. The summed E-state index contributed by atoms with van der Waals surface area (Å²) in [6.45, 7) is 0.353. The molecule has 3 aromatic rings. The number of nitrogens with zero attached hydrogens (tertiary/aromatic N) is 4. The molecule has 8 heteroatoms. The van der Waals surface area contributed by atoms with Gasteiger partial charge in [-0.2, -0.15) is 5.10 Å². The number of nitrogens with one attached hydrogen (secondary N) is 1. The average molecular weight is 343 g/mol. The third-order valence-corrected chi connectivity index (χ3v) is 4.08. The lowest BCUT2D eigenvalue weighted by Gasteiger charge is -2.07. The number of amides is 1. The lowest BCUT2D eigenvalue weighted by Crippen LogP contribution is -2.24. The van der Waals surface area contributed by atoms with E-state index < -0.39 is 0 Å². The second-order valence-electron chi connectivity index (χ2n) is 4.83. The van der Waals surface area contributed by atoms with Crippen LogP contribution in [0, 0.1) is 5.82 Å². The van der Waals surface area contributed by atoms with Gasteiger partial charge in [-0.25, -0.2) is 19.0 Å². The fourth-order valence-corrected chi connectivity index (χ4v) is 2.74. The largest absolute Gasteiger partial charge is 0.351 e. The molecule has 0 atom stereocenters. The van der Waals surface area contributed by atoms with Crippen molar-refractivity contribution in [1.82, 2.24) is 25.1 Å². The van der Waals surface area contributed by atoms with E-state index in [4.69, 9.17) is 0 Å². The molecule has 2 aromatic heterocycles. The molecule has 2 heterocycles. The van der Waals surface area contributed by atoms with E-state index in [0.717, 1.165) is 5.56 Å². The van der Waals surface area contributed by atoms with Crippen molar-refractivity contribution >= 4 is 17.7 Å². The van der Waals surface area contributed by atoms with E-state index in [2.05, 4.69) is 20.4 Å². The first kappa shape index (κ1) is 16.1. The van der Waals surface area contributed by atoms with Gasteiger partial charge < -0.3 is 5.32 Å². The summed E-state index contributed by atoms with van der Waals surface area (Å²) in [7, 11) is 0. The number of hydrogen-bond acceptors (Lipinski definition) is 5. The van der Waals surface area contributed by atoms with Gasteiger partial charge in [0.2, 0.25) is 5.91 Å². The molecule has 24 heavy (non-hydrogen) atoms. The molecule has 0 saturated heterocycles. The summed E-state index contributed by atoms with van der Waals surface area (Å²) in [5, 5.41) is 7.54. The molecule has 1 amide bonds. The summed E-state index contributed by atoms with van der Waals surface area (Å²) >= 11 is 1.28. The first-order valence-electron chi connectivity index (χ1n) is 7.17. The van der Waals surface area contributed by atoms with E-state index in [1.54, 1.807) is 47.7 Å². The molecular formula is C16H14FN5OS. The van der Waals surface area contributed by atoms with Crippen molar-refractivity contribution in [3.8, 4) is 5.82 Å². The minimum Gasteiger partial charge on any atom is -0.351 e. The number of halogens is 1. The van der Waals surface area contributed by atoms with Gasteiger partial charge >= 0.3 is 0 Å². The molecule has 0 fully saturated rings. The Balaban J connectivity index is 1.56. The second kappa shape index (κ2) is 7.69. The number of hydrogen-bond donors (Lipinski definition) is 1. The van der Waals surface area contributed by atoms with Crippen molar-refractivity contribution in [3.63, 3.8) is 0 Å². The molecule has 1 N–H and O–H groups in total. The van der Waals surface area contributed by atoms with Gasteiger partial charge in [-0.1, -0.05) is 23.9 Å². The van der Waals surface area contributed by atoms with Crippen LogP contribution in [0.4, 0.5) is 4.39 Å². The topological polar surface area (TPSA) is 72.7 Å². The highest BCUT2D eigenvalue weighted by Crippen LogP contribution is 2.20. The molecule has 6 nitrogen and oxygen atoms in total. The van der Waals surface area contributed by atoms with Crippen molar-refractivity contribution in [2.75, 3.05) is 5.75 Å². The van der Waals surface area contributed by atoms with E-state index in [0.29, 0.717) is 17.4 Å². The Morgan fingerprint density at radius 3 is 2.71 bits per heavy atom. The predicted molar refractivity (Wildman–Crippen MR) is 88.1 cm³/mol. The Labute approximate surface area is 142 Å². The van der Waals surface area contributed by atoms with Gasteiger partial charge in [0, 0.05) is 31.3 Å². The van der Waals surface area contributed by atoms with Gasteiger partial charge in [-0.15, -0.1) is 0 Å². The Bertz CT molecular complexity index is 808. The number of thioether (sulfide) groups is 1. The molecule has 0 aliphatic heterocycles. The van der Waals surface area contributed by atoms with E-state index in [9.17, 15) is 9.18 Å². The van der Waals surface area contributed by atoms with Crippen LogP contribution in [0.5, 0.6) is 0 Å². The van der Waals surface area contributed by atoms with Gasteiger partial charge in [-0.05, 0) is 23.8 Å². The quantitative estimate of drug-likeness (QED) is 0.695. The Morgan fingerprint density at radius 1 is 1.17 bits per heavy atom. The number of carbonyl (C=O) groups excluding carboxylic acids is 1. The second-order valence-corrected chi connectivity index (χ2v) is 5.79. The summed E-state index contributed by atoms with van der Waals surface area (Å²) in [6, 6.07) is 7.80. The monoisotopic (exact) mass is 343 g/mol. The fourth-order valence-electron chi connectivity index (χ4n) is 1.96. The van der Waals surface area contributed by atoms with Crippen molar-refractivity contribution < 1.29 is 9.18 Å². The van der Waals surface area contributed by atoms with Crippen molar-refractivity contribution in [3.05, 3.63) is 66.5 Å². The molecule has 0 aliphatic rings.